The molecule has 4 rings (SSSR count). The number of hydrazone groups is 1. The number of ether oxygens (including phenoxy) is 1. The van der Waals surface area contributed by atoms with Gasteiger partial charge in [0.25, 0.3) is 0 Å². The lowest BCUT2D eigenvalue weighted by Gasteiger charge is -2.35. The van der Waals surface area contributed by atoms with Crippen LogP contribution >= 0.6 is 0 Å². The van der Waals surface area contributed by atoms with Crippen molar-refractivity contribution in [2.75, 3.05) is 25.0 Å². The van der Waals surface area contributed by atoms with Gasteiger partial charge in [0.1, 0.15) is 0 Å². The molecule has 248 valence electrons. The summed E-state index contributed by atoms with van der Waals surface area (Å²) in [6, 6.07) is 4.80. The first-order chi connectivity index (χ1) is 20.8. The average Bonchev–Trinajstić information content (AvgIpc) is 3.29. The Labute approximate surface area is 257 Å². The van der Waals surface area contributed by atoms with Gasteiger partial charge in [0.05, 0.1) is 36.8 Å². The van der Waals surface area contributed by atoms with Crippen LogP contribution in [0.25, 0.3) is 0 Å². The van der Waals surface area contributed by atoms with E-state index in [4.69, 9.17) is 16.3 Å². The lowest BCUT2D eigenvalue weighted by molar-refractivity contribution is -0.143. The Morgan fingerprint density at radius 3 is 2.20 bits per heavy atom. The molecule has 2 aliphatic rings. The topological polar surface area (TPSA) is 121 Å². The van der Waals surface area contributed by atoms with Crippen molar-refractivity contribution in [2.24, 2.45) is 22.1 Å². The molecule has 9 nitrogen and oxygen atoms in total. The van der Waals surface area contributed by atoms with Crippen LogP contribution in [-0.2, 0) is 41.6 Å². The quantitative estimate of drug-likeness (QED) is 0.103. The SMILES string of the molecule is CN(N)/N=C(\N)N(Cc1cc(C(F)(F)F)cc(C(F)(F)F)c1)C1CCCN(CCC(C)(C)CC(=O)O)c2cc3c(cc21)COC3. The first kappa shape index (κ1) is 34.2. The Morgan fingerprint density at radius 2 is 1.64 bits per heavy atom. The average molecular weight is 645 g/mol. The molecule has 1 unspecified atom stereocenters. The summed E-state index contributed by atoms with van der Waals surface area (Å²) >= 11 is 0. The van der Waals surface area contributed by atoms with Gasteiger partial charge in [0.2, 0.25) is 5.96 Å². The van der Waals surface area contributed by atoms with Crippen molar-refractivity contribution in [1.82, 2.24) is 10.0 Å². The third kappa shape index (κ3) is 8.51. The van der Waals surface area contributed by atoms with Gasteiger partial charge in [-0.2, -0.15) is 26.3 Å². The number of nitrogens with two attached hydrogens (primary N) is 2. The van der Waals surface area contributed by atoms with Crippen LogP contribution in [0.3, 0.4) is 0 Å². The van der Waals surface area contributed by atoms with E-state index in [1.54, 1.807) is 0 Å². The molecule has 0 fully saturated rings. The van der Waals surface area contributed by atoms with Crippen molar-refractivity contribution in [1.29, 1.82) is 0 Å². The van der Waals surface area contributed by atoms with Crippen LogP contribution in [0, 0.1) is 5.41 Å². The highest BCUT2D eigenvalue weighted by atomic mass is 19.4. The summed E-state index contributed by atoms with van der Waals surface area (Å²) in [6.45, 7) is 5.18. The molecule has 2 aliphatic heterocycles. The van der Waals surface area contributed by atoms with E-state index in [1.165, 1.54) is 11.9 Å². The first-order valence-electron chi connectivity index (χ1n) is 14.4. The van der Waals surface area contributed by atoms with Crippen molar-refractivity contribution in [3.63, 3.8) is 0 Å². The molecule has 45 heavy (non-hydrogen) atoms. The molecule has 15 heteroatoms. The number of hydrogen-bond acceptors (Lipinski definition) is 6. The number of carbonyl (C=O) groups is 1. The molecule has 1 atom stereocenters. The van der Waals surface area contributed by atoms with Gasteiger partial charge in [0.15, 0.2) is 0 Å². The summed E-state index contributed by atoms with van der Waals surface area (Å²) in [4.78, 5) is 15.0. The third-order valence-corrected chi connectivity index (χ3v) is 8.09. The van der Waals surface area contributed by atoms with Gasteiger partial charge >= 0.3 is 18.3 Å². The molecule has 5 N–H and O–H groups in total. The maximum Gasteiger partial charge on any atom is 0.416 e. The predicted molar refractivity (Wildman–Crippen MR) is 155 cm³/mol. The maximum atomic E-state index is 13.7. The van der Waals surface area contributed by atoms with Crippen LogP contribution in [0.4, 0.5) is 32.0 Å². The second-order valence-electron chi connectivity index (χ2n) is 12.4. The number of carboxylic acids is 1. The second-order valence-corrected chi connectivity index (χ2v) is 12.4. The van der Waals surface area contributed by atoms with E-state index in [2.05, 4.69) is 10.0 Å². The Morgan fingerprint density at radius 1 is 1.04 bits per heavy atom. The predicted octanol–water partition coefficient (Wildman–Crippen LogP) is 5.82. The van der Waals surface area contributed by atoms with Crippen molar-refractivity contribution in [3.8, 4) is 0 Å². The van der Waals surface area contributed by atoms with Crippen molar-refractivity contribution >= 4 is 17.6 Å². The number of benzene rings is 2. The van der Waals surface area contributed by atoms with Crippen molar-refractivity contribution in [2.45, 2.75) is 77.7 Å². The number of anilines is 1. The monoisotopic (exact) mass is 644 g/mol. The van der Waals surface area contributed by atoms with Gasteiger partial charge in [-0.15, -0.1) is 5.10 Å². The number of halogens is 6. The lowest BCUT2D eigenvalue weighted by Crippen LogP contribution is -2.42. The summed E-state index contributed by atoms with van der Waals surface area (Å²) in [5, 5.41) is 14.3. The first-order valence-corrected chi connectivity index (χ1v) is 14.4. The van der Waals surface area contributed by atoms with Crippen molar-refractivity contribution < 1.29 is 41.0 Å². The van der Waals surface area contributed by atoms with E-state index in [-0.39, 0.29) is 24.0 Å². The molecule has 2 aromatic rings. The number of aliphatic carboxylic acids is 1. The number of guanidine groups is 1. The summed E-state index contributed by atoms with van der Waals surface area (Å²) in [7, 11) is 1.39. The number of nitrogens with zero attached hydrogens (tertiary/aromatic N) is 4. The highest BCUT2D eigenvalue weighted by Crippen LogP contribution is 2.42. The largest absolute Gasteiger partial charge is 0.481 e. The number of carboxylic acid groups (broad SMARTS) is 1. The molecule has 0 bridgehead atoms. The number of rotatable bonds is 9. The van der Waals surface area contributed by atoms with Crippen LogP contribution in [0.15, 0.2) is 35.4 Å². The number of fused-ring (bicyclic) bond motifs is 2. The summed E-state index contributed by atoms with van der Waals surface area (Å²) in [5.74, 6) is 4.64. The van der Waals surface area contributed by atoms with Gasteiger partial charge in [-0.25, -0.2) is 11.0 Å². The summed E-state index contributed by atoms with van der Waals surface area (Å²) in [5.41, 5.74) is 6.23. The smallest absolute Gasteiger partial charge is 0.416 e. The fourth-order valence-corrected chi connectivity index (χ4v) is 5.90. The molecule has 0 aromatic heterocycles. The minimum Gasteiger partial charge on any atom is -0.481 e. The van der Waals surface area contributed by atoms with E-state index in [9.17, 15) is 36.2 Å². The van der Waals surface area contributed by atoms with Crippen LogP contribution in [0.5, 0.6) is 0 Å². The minimum absolute atomic E-state index is 0.0152. The van der Waals surface area contributed by atoms with E-state index in [0.717, 1.165) is 27.5 Å². The lowest BCUT2D eigenvalue weighted by atomic mass is 9.85. The number of hydrazine groups is 1. The van der Waals surface area contributed by atoms with E-state index < -0.39 is 47.5 Å². The zero-order valence-corrected chi connectivity index (χ0v) is 25.3. The highest BCUT2D eigenvalue weighted by Gasteiger charge is 2.38. The minimum atomic E-state index is -5.01. The molecule has 0 spiro atoms. The van der Waals surface area contributed by atoms with Gasteiger partial charge in [0, 0.05) is 32.4 Å². The third-order valence-electron chi connectivity index (χ3n) is 8.09. The fourth-order valence-electron chi connectivity index (χ4n) is 5.90. The Balaban J connectivity index is 1.81. The Kier molecular flexibility index (Phi) is 9.83. The fraction of sp³-hybridized carbons (Fsp3) is 0.533. The van der Waals surface area contributed by atoms with Gasteiger partial charge in [-0.1, -0.05) is 13.8 Å². The van der Waals surface area contributed by atoms with Gasteiger partial charge in [-0.3, -0.25) is 4.79 Å². The van der Waals surface area contributed by atoms with Crippen LogP contribution in [0.1, 0.15) is 79.0 Å². The molecular formula is C30H38F6N6O3. The molecule has 0 aliphatic carbocycles. The normalized spacial score (nSPS) is 17.5. The van der Waals surface area contributed by atoms with E-state index in [0.29, 0.717) is 57.7 Å². The molecule has 0 saturated carbocycles. The van der Waals surface area contributed by atoms with E-state index >= 15 is 0 Å². The molecule has 2 heterocycles. The van der Waals surface area contributed by atoms with E-state index in [1.807, 2.05) is 26.0 Å². The summed E-state index contributed by atoms with van der Waals surface area (Å²) in [6.07, 6.45) is -8.44. The zero-order valence-electron chi connectivity index (χ0n) is 25.3. The molecule has 0 amide bonds. The number of alkyl halides is 6. The molecular weight excluding hydrogens is 606 g/mol. The second kappa shape index (κ2) is 12.9. The Hall–Kier alpha value is -3.72. The molecule has 0 radical (unpaired) electrons. The zero-order chi connectivity index (χ0) is 33.3. The van der Waals surface area contributed by atoms with Gasteiger partial charge in [-0.05, 0) is 77.3 Å². The van der Waals surface area contributed by atoms with Gasteiger partial charge < -0.3 is 25.4 Å². The summed E-state index contributed by atoms with van der Waals surface area (Å²) < 4.78 is 87.9. The van der Waals surface area contributed by atoms with Crippen LogP contribution in [-0.4, -0.2) is 47.2 Å². The van der Waals surface area contributed by atoms with Crippen LogP contribution < -0.4 is 16.5 Å². The van der Waals surface area contributed by atoms with Crippen LogP contribution in [0.2, 0.25) is 0 Å². The van der Waals surface area contributed by atoms with Crippen molar-refractivity contribution in [3.05, 3.63) is 63.7 Å². The standard InChI is InChI=1S/C30H38F6N6O3/c1-28(2,14-26(43)44)6-8-41-7-4-5-24(23-11-19-16-45-17-20(19)12-25(23)41)42(27(37)39-40(3)38)15-18-9-21(29(31,32)33)13-22(10-18)30(34,35)36/h9-13,24H,4-8,14-17,38H2,1-3H3,(H2,37,39)(H,43,44). The Bertz CT molecular complexity index is 1390. The number of hydrogen-bond donors (Lipinski definition) is 3. The molecule has 0 saturated heterocycles. The highest BCUT2D eigenvalue weighted by molar-refractivity contribution is 5.79. The maximum absolute atomic E-state index is 13.7. The molecule has 2 aromatic carbocycles.